The van der Waals surface area contributed by atoms with E-state index < -0.39 is 39.3 Å². The van der Waals surface area contributed by atoms with Crippen LogP contribution in [0.3, 0.4) is 0 Å². The van der Waals surface area contributed by atoms with Crippen LogP contribution in [0.5, 0.6) is 0 Å². The number of fused-ring (bicyclic) bond motifs is 16. The minimum atomic E-state index is -3.76. The zero-order valence-electron chi connectivity index (χ0n) is 78.0. The van der Waals surface area contributed by atoms with Crippen LogP contribution in [0.25, 0.3) is 182 Å². The van der Waals surface area contributed by atoms with E-state index in [0.717, 1.165) is 201 Å². The molecule has 0 aliphatic carbocycles. The highest BCUT2D eigenvalue weighted by Crippen LogP contribution is 2.44. The highest BCUT2D eigenvalue weighted by Gasteiger charge is 2.27. The number of benzene rings is 11. The Balaban J connectivity index is 0.471. The molecule has 0 atom stereocenters. The zero-order chi connectivity index (χ0) is 96.3. The lowest BCUT2D eigenvalue weighted by Crippen LogP contribution is -2.10. The van der Waals surface area contributed by atoms with Gasteiger partial charge in [-0.2, -0.15) is 0 Å². The van der Waals surface area contributed by atoms with E-state index in [1.807, 2.05) is 60.7 Å². The predicted octanol–water partition coefficient (Wildman–Crippen LogP) is 27.3. The lowest BCUT2D eigenvalue weighted by atomic mass is 10.0. The number of nitrogens with zero attached hydrogens (tertiary/aromatic N) is 4. The number of hydrogen-bond donors (Lipinski definition) is 4. The molecule has 0 unspecified atom stereocenters. The number of nitrogens with one attached hydrogen (secondary N) is 4. The molecule has 4 N–H and O–H groups in total. The molecule has 10 heterocycles. The van der Waals surface area contributed by atoms with Gasteiger partial charge < -0.3 is 19.9 Å². The summed E-state index contributed by atoms with van der Waals surface area (Å²) in [4.78, 5) is 37.2. The van der Waals surface area contributed by atoms with E-state index in [9.17, 15) is 33.7 Å². The number of rotatable bonds is 24. The summed E-state index contributed by atoms with van der Waals surface area (Å²) in [6, 6.07) is 103. The Kier molecular flexibility index (Phi) is 24.3. The fraction of sp³-hybridized carbons (Fsp3) is 0.117. The van der Waals surface area contributed by atoms with Crippen LogP contribution in [0.4, 0.5) is 0 Å². The van der Waals surface area contributed by atoms with E-state index in [2.05, 4.69) is 292 Å². The van der Waals surface area contributed by atoms with E-state index in [1.54, 1.807) is 72.8 Å². The van der Waals surface area contributed by atoms with E-state index in [4.69, 9.17) is 19.9 Å². The third-order valence-corrected chi connectivity index (χ3v) is 32.4. The molecule has 17 aromatic rings. The fourth-order valence-corrected chi connectivity index (χ4v) is 25.1. The van der Waals surface area contributed by atoms with Gasteiger partial charge in [0.2, 0.25) is 0 Å². The summed E-state index contributed by atoms with van der Waals surface area (Å²) in [6.45, 7) is 12.5. The Morgan fingerprint density at radius 1 is 0.157 bits per heavy atom. The SMILES string of the molecule is Cc1ccc(-c2c3nc(c(-c4ccc(C)cc4)c4ccc([nH]4)c(-c4ccc(CS(=O)(=O)Cc5ccc(CS(=O)(=O)Cc6ccc(CS(=O)(=O)Cc7ccc(CS(=O)(=O)Cc8ccc(-c9c%10nc(c(-c%11ccc(C)cc%11)c%11ccc([nH]%11)c(-c%11ccc(C)cc%11)c%11nc(c(-c%12ccc(C)cc%12)c%12ccc9[nH]%12)C=C%11)C=C%10)cc8)cc7)cc6)cc5)cc4)c4nc(c(-c5ccc(C)cc5)c5ccc2[nH]5)C=C4)C=C3)cc1. The Bertz CT molecular complexity index is 8210. The summed E-state index contributed by atoms with van der Waals surface area (Å²) in [5, 5.41) is 0. The molecule has 21 rings (SSSR count). The monoisotopic (exact) mass is 1910 g/mol. The van der Waals surface area contributed by atoms with Crippen LogP contribution in [-0.4, -0.2) is 73.5 Å². The third-order valence-electron chi connectivity index (χ3n) is 26.2. The first-order chi connectivity index (χ1) is 67.6. The van der Waals surface area contributed by atoms with Crippen molar-refractivity contribution >= 4 is 132 Å². The van der Waals surface area contributed by atoms with Gasteiger partial charge in [0.25, 0.3) is 0 Å². The summed E-state index contributed by atoms with van der Waals surface area (Å²) in [7, 11) is -15.0. The van der Waals surface area contributed by atoms with E-state index in [-0.39, 0.29) is 46.0 Å². The van der Waals surface area contributed by atoms with Crippen molar-refractivity contribution in [1.29, 1.82) is 0 Å². The second-order valence-electron chi connectivity index (χ2n) is 37.2. The average Bonchev–Trinajstić information content (AvgIpc) is 1.61. The van der Waals surface area contributed by atoms with Crippen molar-refractivity contribution in [2.24, 2.45) is 0 Å². The lowest BCUT2D eigenvalue weighted by molar-refractivity contribution is 0.592. The standard InChI is InChI=1S/C120H98N8O8S4/c1-75-7-35-89(36-8-75)113-97-51-55-101(121-97)115(91-39-11-77(3)12-40-91)105-59-63-109(125-105)119(110-64-60-106(126-110)116(102-56-52-98(113)122-102)92-41-13-78(4)14-42-92)95-47-31-87(32-48-95)73-139(133,134)71-85-27-23-83(24-28-85)69-137(129,130)67-81-19-21-82(22-20-81)68-138(131,132)70-84-25-29-86(30-26-84)72-140(135,136)74-88-33-49-96(50-34-88)120-111-65-61-107(127-111)117(93-43-15-79(5)16-44-93)103-57-53-99(123-103)114(90-37-9-76(2)10-38-90)100-54-58-104(124-100)118(108-62-66-112(120)128-108)94-45-17-80(6)18-46-94/h7-66,121,123,126,128H,67-74H2,1-6H3. The maximum atomic E-state index is 14.2. The Labute approximate surface area is 814 Å². The molecule has 0 amide bonds. The van der Waals surface area contributed by atoms with Crippen molar-refractivity contribution in [3.05, 3.63) is 439 Å². The van der Waals surface area contributed by atoms with Gasteiger partial charge in [0.15, 0.2) is 39.3 Å². The fourth-order valence-electron chi connectivity index (χ4n) is 19.1. The minimum Gasteiger partial charge on any atom is -0.354 e. The summed E-state index contributed by atoms with van der Waals surface area (Å²) >= 11 is 0. The summed E-state index contributed by atoms with van der Waals surface area (Å²) in [5.74, 6) is -2.27. The van der Waals surface area contributed by atoms with Crippen molar-refractivity contribution < 1.29 is 33.7 Å². The Morgan fingerprint density at radius 2 is 0.264 bits per heavy atom. The van der Waals surface area contributed by atoms with Crippen LogP contribution >= 0.6 is 0 Å². The average molecular weight is 1910 g/mol. The normalized spacial score (nSPS) is 12.6. The molecular formula is C120H98N8O8S4. The molecule has 690 valence electrons. The smallest absolute Gasteiger partial charge is 0.158 e. The van der Waals surface area contributed by atoms with Gasteiger partial charge in [-0.25, -0.2) is 53.6 Å². The largest absolute Gasteiger partial charge is 0.354 e. The van der Waals surface area contributed by atoms with Gasteiger partial charge >= 0.3 is 0 Å². The molecule has 6 aromatic heterocycles. The van der Waals surface area contributed by atoms with Crippen molar-refractivity contribution in [3.63, 3.8) is 0 Å². The van der Waals surface area contributed by atoms with Crippen LogP contribution in [0, 0.1) is 41.5 Å². The Hall–Kier alpha value is -15.6. The van der Waals surface area contributed by atoms with Crippen molar-refractivity contribution in [1.82, 2.24) is 39.9 Å². The first-order valence-corrected chi connectivity index (χ1v) is 53.9. The van der Waals surface area contributed by atoms with Crippen LogP contribution in [0.15, 0.2) is 315 Å². The number of aromatic nitrogens is 8. The second-order valence-corrected chi connectivity index (χ2v) is 45.4. The van der Waals surface area contributed by atoms with E-state index >= 15 is 0 Å². The molecule has 140 heavy (non-hydrogen) atoms. The second kappa shape index (κ2) is 37.4. The number of hydrogen-bond acceptors (Lipinski definition) is 12. The number of H-pyrrole nitrogens is 4. The lowest BCUT2D eigenvalue weighted by Gasteiger charge is -2.10. The van der Waals surface area contributed by atoms with Crippen LogP contribution in [-0.2, 0) is 85.4 Å². The van der Waals surface area contributed by atoms with Gasteiger partial charge in [-0.1, -0.05) is 300 Å². The van der Waals surface area contributed by atoms with Gasteiger partial charge in [0.1, 0.15) is 0 Å². The first-order valence-electron chi connectivity index (χ1n) is 46.6. The Morgan fingerprint density at radius 3 is 0.386 bits per heavy atom. The van der Waals surface area contributed by atoms with E-state index in [0.29, 0.717) is 55.9 Å². The summed E-state index contributed by atoms with van der Waals surface area (Å²) in [5.41, 5.74) is 38.9. The molecular weight excluding hydrogens is 1810 g/mol. The maximum absolute atomic E-state index is 14.2. The minimum absolute atomic E-state index is 0.244. The number of sulfone groups is 4. The topological polar surface area (TPSA) is 251 Å². The summed E-state index contributed by atoms with van der Waals surface area (Å²) in [6.07, 6.45) is 16.6. The van der Waals surface area contributed by atoms with Gasteiger partial charge in [-0.05, 0) is 228 Å². The maximum Gasteiger partial charge on any atom is 0.158 e. The van der Waals surface area contributed by atoms with Gasteiger partial charge in [0, 0.05) is 88.6 Å². The number of aryl methyl sites for hydroxylation is 6. The van der Waals surface area contributed by atoms with E-state index in [1.165, 1.54) is 0 Å². The molecule has 11 aromatic carbocycles. The predicted molar refractivity (Wildman–Crippen MR) is 574 cm³/mol. The molecule has 0 radical (unpaired) electrons. The van der Waals surface area contributed by atoms with Gasteiger partial charge in [-0.3, -0.25) is 0 Å². The van der Waals surface area contributed by atoms with Crippen LogP contribution < -0.4 is 0 Å². The molecule has 16 nitrogen and oxygen atoms in total. The summed E-state index contributed by atoms with van der Waals surface area (Å²) < 4.78 is 112. The van der Waals surface area contributed by atoms with Crippen LogP contribution in [0.2, 0.25) is 0 Å². The van der Waals surface area contributed by atoms with Crippen molar-refractivity contribution in [2.75, 3.05) is 0 Å². The first kappa shape index (κ1) is 90.9. The molecule has 16 bridgehead atoms. The number of aromatic amines is 4. The molecule has 0 fully saturated rings. The highest BCUT2D eigenvalue weighted by molar-refractivity contribution is 7.90. The quantitative estimate of drug-likeness (QED) is 0.0441. The van der Waals surface area contributed by atoms with Crippen molar-refractivity contribution in [3.8, 4) is 89.0 Å². The highest BCUT2D eigenvalue weighted by atomic mass is 32.2. The molecule has 0 saturated heterocycles. The molecule has 0 saturated carbocycles. The zero-order valence-corrected chi connectivity index (χ0v) is 81.3. The third kappa shape index (κ3) is 19.7. The van der Waals surface area contributed by atoms with Gasteiger partial charge in [-0.15, -0.1) is 0 Å². The molecule has 4 aliphatic rings. The molecule has 4 aliphatic heterocycles. The van der Waals surface area contributed by atoms with Gasteiger partial charge in [0.05, 0.1) is 91.6 Å². The molecule has 0 spiro atoms. The van der Waals surface area contributed by atoms with Crippen LogP contribution in [0.1, 0.15) is 123 Å². The molecule has 20 heteroatoms. The van der Waals surface area contributed by atoms with Crippen molar-refractivity contribution in [2.45, 2.75) is 87.6 Å².